The molecule has 0 aliphatic carbocycles. The molecule has 14 N–H and O–H groups in total. The minimum absolute atomic E-state index is 0.0129. The molecule has 1 fully saturated rings. The van der Waals surface area contributed by atoms with Crippen molar-refractivity contribution < 1.29 is 49.1 Å². The zero-order valence-corrected chi connectivity index (χ0v) is 25.3. The van der Waals surface area contributed by atoms with E-state index in [2.05, 4.69) is 21.4 Å². The summed E-state index contributed by atoms with van der Waals surface area (Å²) in [6.45, 7) is 6.17. The third-order valence-corrected chi connectivity index (χ3v) is 5.09. The van der Waals surface area contributed by atoms with Gasteiger partial charge in [0.05, 0.1) is 6.54 Å². The predicted molar refractivity (Wildman–Crippen MR) is 162 cm³/mol. The molecule has 3 atom stereocenters. The van der Waals surface area contributed by atoms with Gasteiger partial charge in [-0.05, 0) is 58.6 Å². The van der Waals surface area contributed by atoms with Crippen LogP contribution in [-0.4, -0.2) is 99.7 Å². The molecule has 1 aliphatic rings. The van der Waals surface area contributed by atoms with Gasteiger partial charge in [-0.15, -0.1) is 0 Å². The molecule has 1 heterocycles. The van der Waals surface area contributed by atoms with Gasteiger partial charge in [0, 0.05) is 13.0 Å². The van der Waals surface area contributed by atoms with Crippen LogP contribution in [0.5, 0.6) is 0 Å². The number of carbonyl (C=O) groups excluding carboxylic acids is 1. The lowest BCUT2D eigenvalue weighted by Crippen LogP contribution is -2.44. The minimum Gasteiger partial charge on any atom is -0.480 e. The van der Waals surface area contributed by atoms with Gasteiger partial charge in [0.1, 0.15) is 23.7 Å². The van der Waals surface area contributed by atoms with Crippen LogP contribution >= 0.6 is 0 Å². The summed E-state index contributed by atoms with van der Waals surface area (Å²) in [5, 5.41) is 38.7. The summed E-state index contributed by atoms with van der Waals surface area (Å²) >= 11 is 0. The van der Waals surface area contributed by atoms with Gasteiger partial charge in [-0.25, -0.2) is 9.59 Å². The van der Waals surface area contributed by atoms with E-state index in [1.54, 1.807) is 20.8 Å². The second-order valence-corrected chi connectivity index (χ2v) is 10.2. The van der Waals surface area contributed by atoms with Crippen LogP contribution in [0.15, 0.2) is 35.3 Å². The lowest BCUT2D eigenvalue weighted by Gasteiger charge is -2.22. The van der Waals surface area contributed by atoms with E-state index in [0.29, 0.717) is 19.4 Å². The lowest BCUT2D eigenvalue weighted by atomic mass is 10.1. The Kier molecular flexibility index (Phi) is 21.8. The molecule has 0 spiro atoms. The number of nitrogens with one attached hydrogen (secondary N) is 2. The average molecular weight is 630 g/mol. The van der Waals surface area contributed by atoms with E-state index in [4.69, 9.17) is 42.4 Å². The van der Waals surface area contributed by atoms with Crippen LogP contribution in [0.3, 0.4) is 0 Å². The van der Waals surface area contributed by atoms with Crippen LogP contribution in [0.1, 0.15) is 52.0 Å². The zero-order valence-electron chi connectivity index (χ0n) is 25.3. The minimum atomic E-state index is -1.09. The molecule has 44 heavy (non-hydrogen) atoms. The Bertz CT molecular complexity index is 1040. The van der Waals surface area contributed by atoms with Crippen molar-refractivity contribution in [1.29, 1.82) is 0 Å². The number of nitrogens with two attached hydrogens (primary N) is 4. The molecule has 0 saturated carbocycles. The van der Waals surface area contributed by atoms with Crippen molar-refractivity contribution in [1.82, 2.24) is 10.6 Å². The maximum Gasteiger partial charge on any atom is 0.408 e. The van der Waals surface area contributed by atoms with Crippen molar-refractivity contribution in [3.8, 4) is 0 Å². The fourth-order valence-corrected chi connectivity index (χ4v) is 3.04. The fraction of sp³-hybridized carbons (Fsp3) is 0.556. The van der Waals surface area contributed by atoms with Gasteiger partial charge in [0.15, 0.2) is 5.96 Å². The number of rotatable bonds is 11. The standard InChI is InChI=1S/C14H19NO4.C6H14N4O2.C5H9NO2.C2H5NO2/c1-14(2,3)19-13(18)15-11(12(16)17)9-10-7-5-4-6-8-10;7-4(5(11)12)2-1-3-10-6(8)9;7-5(8)4-2-1-3-6-4;3-1-2(4)5/h4-8,11H,9H2,1-3H3,(H,15,18)(H,16,17);4H,1-3,7H2,(H,11,12)(H4,8,9,10);4,6H,1-3H2,(H,7,8);1,3H2,(H,4,5)/t;;4-;/m..0./s1. The Balaban J connectivity index is 0. The number of guanidine groups is 1. The highest BCUT2D eigenvalue weighted by atomic mass is 16.6. The van der Waals surface area contributed by atoms with Crippen LogP contribution in [0, 0.1) is 0 Å². The molecule has 0 radical (unpaired) electrons. The summed E-state index contributed by atoms with van der Waals surface area (Å²) in [6, 6.07) is 7.02. The van der Waals surface area contributed by atoms with E-state index in [9.17, 15) is 24.0 Å². The molecule has 1 aromatic carbocycles. The van der Waals surface area contributed by atoms with Crippen molar-refractivity contribution in [3.63, 3.8) is 0 Å². The summed E-state index contributed by atoms with van der Waals surface area (Å²) < 4.78 is 5.04. The smallest absolute Gasteiger partial charge is 0.408 e. The molecule has 250 valence electrons. The Morgan fingerprint density at radius 2 is 1.61 bits per heavy atom. The SMILES string of the molecule is CC(C)(C)OC(=O)NC(Cc1ccccc1)C(=O)O.NC(N)=NCCCC(N)C(=O)O.NCC(=O)O.O=C(O)[C@@H]1CCCN1. The van der Waals surface area contributed by atoms with Crippen LogP contribution < -0.4 is 33.6 Å². The number of carboxylic acid groups (broad SMARTS) is 4. The quantitative estimate of drug-likeness (QED) is 0.0838. The van der Waals surface area contributed by atoms with Gasteiger partial charge in [-0.3, -0.25) is 19.4 Å². The van der Waals surface area contributed by atoms with Crippen LogP contribution in [-0.2, 0) is 30.3 Å². The summed E-state index contributed by atoms with van der Waals surface area (Å²) in [7, 11) is 0. The zero-order chi connectivity index (χ0) is 34.3. The highest BCUT2D eigenvalue weighted by molar-refractivity contribution is 5.80. The molecule has 1 amide bonds. The molecule has 1 saturated heterocycles. The summed E-state index contributed by atoms with van der Waals surface area (Å²) in [4.78, 5) is 56.0. The third kappa shape index (κ3) is 25.2. The predicted octanol–water partition coefficient (Wildman–Crippen LogP) is -0.488. The number of carbonyl (C=O) groups is 5. The highest BCUT2D eigenvalue weighted by Gasteiger charge is 2.24. The maximum atomic E-state index is 11.6. The van der Waals surface area contributed by atoms with Crippen LogP contribution in [0.2, 0.25) is 0 Å². The normalized spacial score (nSPS) is 14.7. The highest BCUT2D eigenvalue weighted by Crippen LogP contribution is 2.08. The monoisotopic (exact) mass is 629 g/mol. The third-order valence-electron chi connectivity index (χ3n) is 5.09. The Morgan fingerprint density at radius 3 is 1.98 bits per heavy atom. The van der Waals surface area contributed by atoms with Crippen molar-refractivity contribution in [3.05, 3.63) is 35.9 Å². The molecule has 0 aromatic heterocycles. The number of hydrogen-bond acceptors (Lipinski definition) is 10. The van der Waals surface area contributed by atoms with Crippen LogP contribution in [0.4, 0.5) is 4.79 Å². The van der Waals surface area contributed by atoms with Gasteiger partial charge >= 0.3 is 30.0 Å². The molecular formula is C27H47N7O10. The topological polar surface area (TPSA) is 316 Å². The molecule has 17 heteroatoms. The van der Waals surface area contributed by atoms with E-state index >= 15 is 0 Å². The molecule has 2 rings (SSSR count). The number of amides is 1. The van der Waals surface area contributed by atoms with Gasteiger partial charge in [-0.1, -0.05) is 30.3 Å². The first-order valence-corrected chi connectivity index (χ1v) is 13.6. The molecule has 17 nitrogen and oxygen atoms in total. The largest absolute Gasteiger partial charge is 0.480 e. The van der Waals surface area contributed by atoms with Gasteiger partial charge < -0.3 is 58.7 Å². The number of alkyl carbamates (subject to hydrolysis) is 1. The lowest BCUT2D eigenvalue weighted by molar-refractivity contribution is -0.140. The van der Waals surface area contributed by atoms with E-state index < -0.39 is 47.7 Å². The first-order valence-electron chi connectivity index (χ1n) is 13.6. The Hall–Kier alpha value is -4.48. The molecule has 0 bridgehead atoms. The number of ether oxygens (including phenoxy) is 1. The van der Waals surface area contributed by atoms with E-state index in [0.717, 1.165) is 24.9 Å². The van der Waals surface area contributed by atoms with Gasteiger partial charge in [-0.2, -0.15) is 0 Å². The summed E-state index contributed by atoms with van der Waals surface area (Å²) in [5.41, 5.74) is 20.1. The number of nitrogens with zero attached hydrogens (tertiary/aromatic N) is 1. The molecule has 2 unspecified atom stereocenters. The molecule has 1 aliphatic heterocycles. The van der Waals surface area contributed by atoms with Crippen molar-refractivity contribution in [2.45, 2.75) is 76.6 Å². The molecule has 1 aromatic rings. The number of benzene rings is 1. The first-order chi connectivity index (χ1) is 20.4. The molecular weight excluding hydrogens is 582 g/mol. The van der Waals surface area contributed by atoms with Crippen LogP contribution in [0.25, 0.3) is 0 Å². The van der Waals surface area contributed by atoms with Gasteiger partial charge in [0.25, 0.3) is 0 Å². The number of aliphatic imine (C=N–C) groups is 1. The average Bonchev–Trinajstić information content (AvgIpc) is 3.47. The van der Waals surface area contributed by atoms with E-state index in [1.165, 1.54) is 0 Å². The number of aliphatic carboxylic acids is 4. The van der Waals surface area contributed by atoms with Gasteiger partial charge in [0.2, 0.25) is 0 Å². The van der Waals surface area contributed by atoms with E-state index in [1.807, 2.05) is 30.3 Å². The van der Waals surface area contributed by atoms with Crippen molar-refractivity contribution in [2.24, 2.45) is 27.9 Å². The fourth-order valence-electron chi connectivity index (χ4n) is 3.04. The van der Waals surface area contributed by atoms with E-state index in [-0.39, 0.29) is 25.0 Å². The number of hydrogen-bond donors (Lipinski definition) is 10. The second-order valence-electron chi connectivity index (χ2n) is 10.2. The maximum absolute atomic E-state index is 11.6. The van der Waals surface area contributed by atoms with Crippen molar-refractivity contribution in [2.75, 3.05) is 19.6 Å². The second kappa shape index (κ2) is 23.0. The van der Waals surface area contributed by atoms with Crippen molar-refractivity contribution >= 4 is 35.9 Å². The Morgan fingerprint density at radius 1 is 1.05 bits per heavy atom. The summed E-state index contributed by atoms with van der Waals surface area (Å²) in [6.07, 6.45) is 2.23. The Labute approximate surface area is 256 Å². The number of carboxylic acids is 4. The summed E-state index contributed by atoms with van der Waals surface area (Å²) in [5.74, 6) is -3.76. The first kappa shape index (κ1) is 41.7.